The van der Waals surface area contributed by atoms with E-state index in [2.05, 4.69) is 5.32 Å². The number of aryl methyl sites for hydroxylation is 1. The monoisotopic (exact) mass is 563 g/mol. The van der Waals surface area contributed by atoms with E-state index in [4.69, 9.17) is 4.74 Å². The highest BCUT2D eigenvalue weighted by atomic mass is 32.2. The number of esters is 1. The van der Waals surface area contributed by atoms with Crippen LogP contribution in [-0.4, -0.2) is 49.1 Å². The van der Waals surface area contributed by atoms with E-state index >= 15 is 0 Å². The fourth-order valence-corrected chi connectivity index (χ4v) is 5.93. The van der Waals surface area contributed by atoms with E-state index in [9.17, 15) is 27.6 Å². The van der Waals surface area contributed by atoms with Crippen LogP contribution in [0.15, 0.2) is 77.7 Å². The van der Waals surface area contributed by atoms with Gasteiger partial charge in [0.1, 0.15) is 6.04 Å². The highest BCUT2D eigenvalue weighted by molar-refractivity contribution is 7.89. The van der Waals surface area contributed by atoms with Crippen molar-refractivity contribution in [1.82, 2.24) is 4.31 Å². The molecule has 0 aliphatic carbocycles. The minimum absolute atomic E-state index is 0.0915. The normalized spacial score (nSPS) is 15.4. The van der Waals surface area contributed by atoms with Crippen LogP contribution in [0.2, 0.25) is 0 Å². The van der Waals surface area contributed by atoms with Crippen molar-refractivity contribution in [2.45, 2.75) is 44.7 Å². The summed E-state index contributed by atoms with van der Waals surface area (Å²) in [7, 11) is -4.26. The van der Waals surface area contributed by atoms with Crippen LogP contribution in [-0.2, 0) is 35.7 Å². The number of nitrogens with zero attached hydrogens (tertiary/aromatic N) is 2. The fourth-order valence-electron chi connectivity index (χ4n) is 4.36. The molecule has 11 heteroatoms. The highest BCUT2D eigenvalue weighted by Gasteiger charge is 2.47. The summed E-state index contributed by atoms with van der Waals surface area (Å²) in [6, 6.07) is 17.3. The van der Waals surface area contributed by atoms with E-state index in [1.165, 1.54) is 55.5 Å². The molecule has 1 atom stereocenters. The molecule has 0 bridgehead atoms. The molecule has 3 aromatic carbocycles. The molecule has 0 radical (unpaired) electrons. The molecule has 0 spiro atoms. The maximum absolute atomic E-state index is 13.9. The molecule has 1 saturated heterocycles. The number of hydrogen-bond donors (Lipinski definition) is 1. The number of rotatable bonds is 9. The van der Waals surface area contributed by atoms with Crippen LogP contribution in [0.3, 0.4) is 0 Å². The first kappa shape index (κ1) is 28.7. The second-order valence-corrected chi connectivity index (χ2v) is 11.2. The van der Waals surface area contributed by atoms with Gasteiger partial charge in [0.15, 0.2) is 0 Å². The Hall–Kier alpha value is -4.35. The Kier molecular flexibility index (Phi) is 8.46. The van der Waals surface area contributed by atoms with Crippen LogP contribution in [0.5, 0.6) is 0 Å². The molecular weight excluding hydrogens is 534 g/mol. The lowest BCUT2D eigenvalue weighted by Crippen LogP contribution is -2.45. The lowest BCUT2D eigenvalue weighted by atomic mass is 10.1. The standard InChI is InChI=1S/C29H29N3O7S/c1-4-39-29(36)22-9-13-24(14-10-22)32-27(34)17-26(28(32)35)31(18-21-7-5-19(2)6-8-21)40(37,38)25-15-11-23(12-16-25)30-20(3)33/h5-16,26H,4,17-18H2,1-3H3,(H,30,33). The van der Waals surface area contributed by atoms with Crippen LogP contribution in [0.25, 0.3) is 0 Å². The lowest BCUT2D eigenvalue weighted by Gasteiger charge is -2.27. The summed E-state index contributed by atoms with van der Waals surface area (Å²) in [5, 5.41) is 2.59. The number of carbonyl (C=O) groups is 4. The van der Waals surface area contributed by atoms with Crippen LogP contribution in [0.1, 0.15) is 41.8 Å². The molecule has 3 aromatic rings. The third kappa shape index (κ3) is 6.11. The summed E-state index contributed by atoms with van der Waals surface area (Å²) < 4.78 is 33.8. The van der Waals surface area contributed by atoms with E-state index in [0.29, 0.717) is 11.3 Å². The quantitative estimate of drug-likeness (QED) is 0.311. The van der Waals surface area contributed by atoms with Crippen molar-refractivity contribution < 1.29 is 32.3 Å². The predicted octanol–water partition coefficient (Wildman–Crippen LogP) is 3.65. The van der Waals surface area contributed by atoms with Gasteiger partial charge in [-0.15, -0.1) is 0 Å². The van der Waals surface area contributed by atoms with Crippen molar-refractivity contribution in [3.63, 3.8) is 0 Å². The smallest absolute Gasteiger partial charge is 0.338 e. The zero-order valence-electron chi connectivity index (χ0n) is 22.3. The maximum Gasteiger partial charge on any atom is 0.338 e. The largest absolute Gasteiger partial charge is 0.462 e. The molecule has 1 aliphatic heterocycles. The van der Waals surface area contributed by atoms with Crippen LogP contribution in [0.4, 0.5) is 11.4 Å². The summed E-state index contributed by atoms with van der Waals surface area (Å²) >= 11 is 0. The van der Waals surface area contributed by atoms with Gasteiger partial charge in [-0.05, 0) is 67.9 Å². The number of carbonyl (C=O) groups excluding carboxylic acids is 4. The molecule has 1 fully saturated rings. The van der Waals surface area contributed by atoms with E-state index in [1.54, 1.807) is 19.1 Å². The number of hydrogen-bond acceptors (Lipinski definition) is 7. The van der Waals surface area contributed by atoms with Gasteiger partial charge in [0, 0.05) is 19.2 Å². The van der Waals surface area contributed by atoms with E-state index in [0.717, 1.165) is 14.8 Å². The van der Waals surface area contributed by atoms with Crippen molar-refractivity contribution in [3.8, 4) is 0 Å². The summed E-state index contributed by atoms with van der Waals surface area (Å²) in [6.07, 6.45) is -0.354. The number of nitrogens with one attached hydrogen (secondary N) is 1. The molecule has 1 heterocycles. The number of benzene rings is 3. The van der Waals surface area contributed by atoms with Gasteiger partial charge in [0.05, 0.1) is 29.2 Å². The van der Waals surface area contributed by atoms with Gasteiger partial charge in [-0.3, -0.25) is 14.4 Å². The molecule has 3 amide bonds. The summed E-state index contributed by atoms with van der Waals surface area (Å²) in [6.45, 7) is 4.98. The summed E-state index contributed by atoms with van der Waals surface area (Å²) in [5.74, 6) is -2.10. The first-order valence-electron chi connectivity index (χ1n) is 12.6. The van der Waals surface area contributed by atoms with Crippen molar-refractivity contribution in [3.05, 3.63) is 89.5 Å². The molecule has 4 rings (SSSR count). The number of amides is 3. The molecule has 10 nitrogen and oxygen atoms in total. The van der Waals surface area contributed by atoms with Gasteiger partial charge in [0.2, 0.25) is 21.8 Å². The summed E-state index contributed by atoms with van der Waals surface area (Å²) in [4.78, 5) is 50.9. The fraction of sp³-hybridized carbons (Fsp3) is 0.241. The van der Waals surface area contributed by atoms with Crippen LogP contribution < -0.4 is 10.2 Å². The van der Waals surface area contributed by atoms with E-state index in [-0.39, 0.29) is 41.6 Å². The Morgan fingerprint density at radius 3 is 2.17 bits per heavy atom. The predicted molar refractivity (Wildman–Crippen MR) is 148 cm³/mol. The van der Waals surface area contributed by atoms with Gasteiger partial charge in [-0.2, -0.15) is 4.31 Å². The molecular formula is C29H29N3O7S. The molecule has 1 unspecified atom stereocenters. The molecule has 0 aromatic heterocycles. The second kappa shape index (κ2) is 11.8. The Bertz CT molecular complexity index is 1530. The zero-order chi connectivity index (χ0) is 29.0. The van der Waals surface area contributed by atoms with E-state index < -0.39 is 33.8 Å². The van der Waals surface area contributed by atoms with Crippen LogP contribution >= 0.6 is 0 Å². The van der Waals surface area contributed by atoms with Crippen molar-refractivity contribution in [2.24, 2.45) is 0 Å². The SMILES string of the molecule is CCOC(=O)c1ccc(N2C(=O)CC(N(Cc3ccc(C)cc3)S(=O)(=O)c3ccc(NC(C)=O)cc3)C2=O)cc1. The Morgan fingerprint density at radius 2 is 1.60 bits per heavy atom. The topological polar surface area (TPSA) is 130 Å². The van der Waals surface area contributed by atoms with Crippen molar-refractivity contribution in [2.75, 3.05) is 16.8 Å². The van der Waals surface area contributed by atoms with Gasteiger partial charge in [0.25, 0.3) is 5.91 Å². The average molecular weight is 564 g/mol. The molecule has 40 heavy (non-hydrogen) atoms. The Morgan fingerprint density at radius 1 is 0.975 bits per heavy atom. The van der Waals surface area contributed by atoms with Gasteiger partial charge in [-0.25, -0.2) is 18.1 Å². The molecule has 208 valence electrons. The summed E-state index contributed by atoms with van der Waals surface area (Å²) in [5.41, 5.74) is 2.52. The number of imide groups is 1. The maximum atomic E-state index is 13.9. The first-order valence-corrected chi connectivity index (χ1v) is 14.0. The first-order chi connectivity index (χ1) is 19.0. The number of sulfonamides is 1. The Balaban J connectivity index is 1.68. The third-order valence-electron chi connectivity index (χ3n) is 6.35. The zero-order valence-corrected chi connectivity index (χ0v) is 23.1. The number of ether oxygens (including phenoxy) is 1. The lowest BCUT2D eigenvalue weighted by molar-refractivity contribution is -0.122. The molecule has 0 saturated carbocycles. The number of anilines is 2. The van der Waals surface area contributed by atoms with Crippen molar-refractivity contribution in [1.29, 1.82) is 0 Å². The van der Waals surface area contributed by atoms with E-state index in [1.807, 2.05) is 19.1 Å². The molecule has 1 aliphatic rings. The second-order valence-electron chi connectivity index (χ2n) is 9.30. The van der Waals surface area contributed by atoms with Gasteiger partial charge >= 0.3 is 5.97 Å². The van der Waals surface area contributed by atoms with Crippen molar-refractivity contribution >= 4 is 45.1 Å². The van der Waals surface area contributed by atoms with Gasteiger partial charge < -0.3 is 10.1 Å². The highest BCUT2D eigenvalue weighted by Crippen LogP contribution is 2.31. The minimum atomic E-state index is -4.26. The minimum Gasteiger partial charge on any atom is -0.462 e. The molecule has 1 N–H and O–H groups in total. The Labute approximate surface area is 232 Å². The van der Waals surface area contributed by atoms with Gasteiger partial charge in [-0.1, -0.05) is 29.8 Å². The van der Waals surface area contributed by atoms with Crippen LogP contribution in [0, 0.1) is 6.92 Å². The third-order valence-corrected chi connectivity index (χ3v) is 8.22. The average Bonchev–Trinajstić information content (AvgIpc) is 3.21.